The minimum Gasteiger partial charge on any atom is -0.480 e. The Balaban J connectivity index is 2.74. The minimum absolute atomic E-state index is 0.0194. The topological polar surface area (TPSA) is 95.5 Å². The van der Waals surface area contributed by atoms with Crippen molar-refractivity contribution in [1.29, 1.82) is 0 Å². The zero-order valence-electron chi connectivity index (χ0n) is 10.9. The first kappa shape index (κ1) is 16.2. The molecule has 20 heavy (non-hydrogen) atoms. The van der Waals surface area contributed by atoms with Crippen LogP contribution in [0.25, 0.3) is 0 Å². The first-order valence-electron chi connectivity index (χ1n) is 5.89. The molecule has 0 saturated heterocycles. The van der Waals surface area contributed by atoms with E-state index in [-0.39, 0.29) is 12.3 Å². The van der Waals surface area contributed by atoms with Gasteiger partial charge in [0, 0.05) is 11.4 Å². The Morgan fingerprint density at radius 1 is 1.25 bits per heavy atom. The van der Waals surface area contributed by atoms with Crippen LogP contribution in [0.1, 0.15) is 24.9 Å². The summed E-state index contributed by atoms with van der Waals surface area (Å²) in [5.74, 6) is -1.81. The Kier molecular flexibility index (Phi) is 6.17. The van der Waals surface area contributed by atoms with Crippen molar-refractivity contribution in [3.8, 4) is 0 Å². The van der Waals surface area contributed by atoms with Crippen LogP contribution in [0.3, 0.4) is 0 Å². The Morgan fingerprint density at radius 2 is 1.85 bits per heavy atom. The summed E-state index contributed by atoms with van der Waals surface area (Å²) in [6.07, 6.45) is -0.0194. The van der Waals surface area contributed by atoms with E-state index < -0.39 is 24.5 Å². The van der Waals surface area contributed by atoms with E-state index in [0.717, 1.165) is 10.0 Å². The molecule has 0 aliphatic carbocycles. The van der Waals surface area contributed by atoms with E-state index in [2.05, 4.69) is 26.6 Å². The molecule has 0 aliphatic rings. The third kappa shape index (κ3) is 5.83. The van der Waals surface area contributed by atoms with E-state index in [1.807, 2.05) is 0 Å². The van der Waals surface area contributed by atoms with Crippen molar-refractivity contribution in [2.45, 2.75) is 19.4 Å². The minimum atomic E-state index is -1.11. The molecule has 1 unspecified atom stereocenters. The van der Waals surface area contributed by atoms with E-state index in [0.29, 0.717) is 0 Å². The first-order chi connectivity index (χ1) is 9.38. The molecule has 0 aliphatic heterocycles. The number of carbonyl (C=O) groups is 3. The maximum atomic E-state index is 11.6. The third-order valence-electron chi connectivity index (χ3n) is 2.48. The van der Waals surface area contributed by atoms with Crippen LogP contribution in [0.4, 0.5) is 0 Å². The molecule has 0 heterocycles. The number of aliphatic carboxylic acids is 1. The number of nitrogens with one attached hydrogen (secondary N) is 2. The van der Waals surface area contributed by atoms with Gasteiger partial charge in [-0.05, 0) is 17.7 Å². The first-order valence-corrected chi connectivity index (χ1v) is 6.69. The Labute approximate surface area is 124 Å². The van der Waals surface area contributed by atoms with Gasteiger partial charge in [0.05, 0.1) is 12.5 Å². The van der Waals surface area contributed by atoms with Crippen molar-refractivity contribution in [2.75, 3.05) is 6.54 Å². The van der Waals surface area contributed by atoms with Gasteiger partial charge in [0.15, 0.2) is 0 Å². The van der Waals surface area contributed by atoms with Crippen LogP contribution in [-0.2, 0) is 14.4 Å². The summed E-state index contributed by atoms with van der Waals surface area (Å²) in [6.45, 7) is 0.924. The van der Waals surface area contributed by atoms with Crippen molar-refractivity contribution in [3.63, 3.8) is 0 Å². The number of rotatable bonds is 6. The smallest absolute Gasteiger partial charge is 0.322 e. The van der Waals surface area contributed by atoms with E-state index in [1.165, 1.54) is 6.92 Å². The number of carboxylic acid groups (broad SMARTS) is 1. The zero-order valence-corrected chi connectivity index (χ0v) is 12.4. The monoisotopic (exact) mass is 342 g/mol. The predicted molar refractivity (Wildman–Crippen MR) is 76.0 cm³/mol. The van der Waals surface area contributed by atoms with Gasteiger partial charge in [0.25, 0.3) is 0 Å². The highest BCUT2D eigenvalue weighted by Crippen LogP contribution is 2.19. The summed E-state index contributed by atoms with van der Waals surface area (Å²) in [5, 5.41) is 13.4. The highest BCUT2D eigenvalue weighted by molar-refractivity contribution is 9.10. The van der Waals surface area contributed by atoms with Crippen molar-refractivity contribution >= 4 is 33.7 Å². The molecule has 1 rings (SSSR count). The summed E-state index contributed by atoms with van der Waals surface area (Å²) >= 11 is 3.31. The second-order valence-corrected chi connectivity index (χ2v) is 5.09. The number of amides is 2. The van der Waals surface area contributed by atoms with Crippen LogP contribution in [-0.4, -0.2) is 29.4 Å². The molecule has 0 radical (unpaired) electrons. The molecule has 0 spiro atoms. The van der Waals surface area contributed by atoms with Gasteiger partial charge in [-0.3, -0.25) is 14.4 Å². The highest BCUT2D eigenvalue weighted by Gasteiger charge is 2.17. The number of benzene rings is 1. The van der Waals surface area contributed by atoms with Crippen molar-refractivity contribution in [1.82, 2.24) is 10.6 Å². The standard InChI is InChI=1S/C13H15BrN2O4/c1-8(17)16-11(6-12(18)15-7-13(19)20)9-2-4-10(14)5-3-9/h2-5,11H,6-7H2,1H3,(H,15,18)(H,16,17)(H,19,20). The van der Waals surface area contributed by atoms with Crippen LogP contribution in [0, 0.1) is 0 Å². The normalized spacial score (nSPS) is 11.5. The summed E-state index contributed by atoms with van der Waals surface area (Å²) in [7, 11) is 0. The van der Waals surface area contributed by atoms with E-state index in [1.54, 1.807) is 24.3 Å². The average Bonchev–Trinajstić information content (AvgIpc) is 2.36. The molecular weight excluding hydrogens is 328 g/mol. The molecule has 7 heteroatoms. The van der Waals surface area contributed by atoms with Crippen LogP contribution < -0.4 is 10.6 Å². The lowest BCUT2D eigenvalue weighted by molar-refractivity contribution is -0.138. The second kappa shape index (κ2) is 7.64. The maximum absolute atomic E-state index is 11.6. The molecule has 0 saturated carbocycles. The fourth-order valence-electron chi connectivity index (χ4n) is 1.62. The van der Waals surface area contributed by atoms with Crippen LogP contribution >= 0.6 is 15.9 Å². The van der Waals surface area contributed by atoms with Gasteiger partial charge in [-0.15, -0.1) is 0 Å². The molecule has 0 fully saturated rings. The van der Waals surface area contributed by atoms with Crippen molar-refractivity contribution < 1.29 is 19.5 Å². The molecule has 1 aromatic rings. The Bertz CT molecular complexity index is 502. The fraction of sp³-hybridized carbons (Fsp3) is 0.308. The lowest BCUT2D eigenvalue weighted by Gasteiger charge is -2.18. The quantitative estimate of drug-likeness (QED) is 0.724. The lowest BCUT2D eigenvalue weighted by Crippen LogP contribution is -2.34. The van der Waals surface area contributed by atoms with Gasteiger partial charge in [-0.2, -0.15) is 0 Å². The summed E-state index contributed by atoms with van der Waals surface area (Å²) in [6, 6.07) is 6.69. The van der Waals surface area contributed by atoms with E-state index >= 15 is 0 Å². The number of hydrogen-bond donors (Lipinski definition) is 3. The van der Waals surface area contributed by atoms with Crippen LogP contribution in [0.5, 0.6) is 0 Å². The van der Waals surface area contributed by atoms with Gasteiger partial charge in [0.2, 0.25) is 11.8 Å². The van der Waals surface area contributed by atoms with Crippen molar-refractivity contribution in [2.24, 2.45) is 0 Å². The molecule has 3 N–H and O–H groups in total. The van der Waals surface area contributed by atoms with Gasteiger partial charge in [-0.1, -0.05) is 28.1 Å². The zero-order chi connectivity index (χ0) is 15.1. The number of carbonyl (C=O) groups excluding carboxylic acids is 2. The number of carboxylic acids is 1. The largest absolute Gasteiger partial charge is 0.480 e. The van der Waals surface area contributed by atoms with Crippen LogP contribution in [0.15, 0.2) is 28.7 Å². The molecule has 1 atom stereocenters. The molecule has 0 aromatic heterocycles. The SMILES string of the molecule is CC(=O)NC(CC(=O)NCC(=O)O)c1ccc(Br)cc1. The molecular formula is C13H15BrN2O4. The van der Waals surface area contributed by atoms with Crippen molar-refractivity contribution in [3.05, 3.63) is 34.3 Å². The fourth-order valence-corrected chi connectivity index (χ4v) is 1.89. The van der Waals surface area contributed by atoms with E-state index in [4.69, 9.17) is 5.11 Å². The Morgan fingerprint density at radius 3 is 2.35 bits per heavy atom. The molecule has 0 bridgehead atoms. The maximum Gasteiger partial charge on any atom is 0.322 e. The highest BCUT2D eigenvalue weighted by atomic mass is 79.9. The molecule has 108 valence electrons. The summed E-state index contributed by atoms with van der Waals surface area (Å²) < 4.78 is 0.887. The van der Waals surface area contributed by atoms with Gasteiger partial charge in [0.1, 0.15) is 6.54 Å². The molecule has 2 amide bonds. The summed E-state index contributed by atoms with van der Waals surface area (Å²) in [5.41, 5.74) is 0.772. The third-order valence-corrected chi connectivity index (χ3v) is 3.00. The number of hydrogen-bond acceptors (Lipinski definition) is 3. The second-order valence-electron chi connectivity index (χ2n) is 4.18. The molecule has 1 aromatic carbocycles. The van der Waals surface area contributed by atoms with E-state index in [9.17, 15) is 14.4 Å². The average molecular weight is 343 g/mol. The number of halogens is 1. The van der Waals surface area contributed by atoms with Crippen LogP contribution in [0.2, 0.25) is 0 Å². The Hall–Kier alpha value is -1.89. The molecule has 6 nitrogen and oxygen atoms in total. The predicted octanol–water partition coefficient (Wildman–Crippen LogP) is 1.22. The lowest BCUT2D eigenvalue weighted by atomic mass is 10.0. The van der Waals surface area contributed by atoms with Gasteiger partial charge >= 0.3 is 5.97 Å². The summed E-state index contributed by atoms with van der Waals surface area (Å²) in [4.78, 5) is 33.2. The van der Waals surface area contributed by atoms with Gasteiger partial charge < -0.3 is 15.7 Å². The van der Waals surface area contributed by atoms with Gasteiger partial charge in [-0.25, -0.2) is 0 Å².